The average Bonchev–Trinajstić information content (AvgIpc) is 2.83. The maximum atomic E-state index is 12.1. The van der Waals surface area contributed by atoms with E-state index in [-0.39, 0.29) is 10.9 Å². The van der Waals surface area contributed by atoms with Gasteiger partial charge >= 0.3 is 0 Å². The van der Waals surface area contributed by atoms with Gasteiger partial charge in [-0.2, -0.15) is 0 Å². The fourth-order valence-corrected chi connectivity index (χ4v) is 3.26. The monoisotopic (exact) mass is 287 g/mol. The van der Waals surface area contributed by atoms with Crippen LogP contribution in [0.2, 0.25) is 0 Å². The van der Waals surface area contributed by atoms with Crippen molar-refractivity contribution in [1.29, 1.82) is 0 Å². The highest BCUT2D eigenvalue weighted by Gasteiger charge is 2.18. The molecule has 1 atom stereocenters. The molecule has 0 saturated carbocycles. The van der Waals surface area contributed by atoms with Crippen LogP contribution in [0.1, 0.15) is 51.6 Å². The van der Waals surface area contributed by atoms with E-state index in [1.807, 2.05) is 6.92 Å². The molecule has 4 N–H and O–H groups in total. The third-order valence-corrected chi connectivity index (χ3v) is 4.66. The lowest BCUT2D eigenvalue weighted by atomic mass is 10.1. The van der Waals surface area contributed by atoms with Crippen LogP contribution in [0.4, 0.5) is 0 Å². The van der Waals surface area contributed by atoms with Crippen molar-refractivity contribution in [3.05, 3.63) is 18.0 Å². The molecule has 5 nitrogen and oxygen atoms in total. The third kappa shape index (κ3) is 5.34. The molecule has 110 valence electrons. The molecule has 1 aromatic heterocycles. The number of sulfonamides is 1. The molecule has 19 heavy (non-hydrogen) atoms. The Kier molecular flexibility index (Phi) is 6.54. The largest absolute Gasteiger partial charge is 0.363 e. The van der Waals surface area contributed by atoms with Crippen molar-refractivity contribution in [2.45, 2.75) is 63.4 Å². The average molecular weight is 287 g/mol. The summed E-state index contributed by atoms with van der Waals surface area (Å²) in [7, 11) is -3.43. The van der Waals surface area contributed by atoms with Crippen molar-refractivity contribution < 1.29 is 8.42 Å². The van der Waals surface area contributed by atoms with Crippen LogP contribution >= 0.6 is 0 Å². The summed E-state index contributed by atoms with van der Waals surface area (Å²) in [4.78, 5) is 3.11. The predicted octanol–water partition coefficient (Wildman–Crippen LogP) is 2.11. The van der Waals surface area contributed by atoms with E-state index in [2.05, 4.69) is 16.6 Å². The zero-order valence-corrected chi connectivity index (χ0v) is 12.6. The highest BCUT2D eigenvalue weighted by atomic mass is 32.2. The first-order valence-corrected chi connectivity index (χ1v) is 8.37. The fourth-order valence-electron chi connectivity index (χ4n) is 1.96. The number of unbranched alkanes of at least 4 members (excludes halogenated alkanes) is 3. The van der Waals surface area contributed by atoms with Gasteiger partial charge in [-0.15, -0.1) is 0 Å². The normalized spacial score (nSPS) is 13.6. The lowest BCUT2D eigenvalue weighted by molar-refractivity contribution is 0.522. The molecule has 0 fully saturated rings. The Morgan fingerprint density at radius 3 is 2.68 bits per heavy atom. The van der Waals surface area contributed by atoms with E-state index in [0.717, 1.165) is 25.0 Å². The molecule has 0 amide bonds. The van der Waals surface area contributed by atoms with Crippen molar-refractivity contribution in [3.63, 3.8) is 0 Å². The third-order valence-electron chi connectivity index (χ3n) is 3.09. The van der Waals surface area contributed by atoms with Crippen LogP contribution < -0.4 is 10.5 Å². The summed E-state index contributed by atoms with van der Waals surface area (Å²) >= 11 is 0. The summed E-state index contributed by atoms with van der Waals surface area (Å²) in [5.41, 5.74) is 6.17. The number of nitrogens with one attached hydrogen (secondary N) is 2. The van der Waals surface area contributed by atoms with Crippen LogP contribution in [-0.4, -0.2) is 19.4 Å². The minimum Gasteiger partial charge on any atom is -0.363 e. The zero-order chi connectivity index (χ0) is 14.3. The second kappa shape index (κ2) is 7.67. The Hall–Kier alpha value is -0.850. The van der Waals surface area contributed by atoms with E-state index in [4.69, 9.17) is 5.73 Å². The van der Waals surface area contributed by atoms with E-state index in [9.17, 15) is 8.42 Å². The molecule has 0 saturated heterocycles. The van der Waals surface area contributed by atoms with Crippen LogP contribution in [0.25, 0.3) is 0 Å². The van der Waals surface area contributed by atoms with Crippen LogP contribution in [0.3, 0.4) is 0 Å². The lowest BCUT2D eigenvalue weighted by Crippen LogP contribution is -2.32. The maximum Gasteiger partial charge on any atom is 0.242 e. The van der Waals surface area contributed by atoms with Gasteiger partial charge in [-0.3, -0.25) is 0 Å². The van der Waals surface area contributed by atoms with Gasteiger partial charge in [0.25, 0.3) is 0 Å². The molecular formula is C13H25N3O2S. The topological polar surface area (TPSA) is 88.0 Å². The molecule has 1 aromatic rings. The van der Waals surface area contributed by atoms with Gasteiger partial charge in [0, 0.05) is 24.5 Å². The van der Waals surface area contributed by atoms with Crippen LogP contribution in [0.5, 0.6) is 0 Å². The smallest absolute Gasteiger partial charge is 0.242 e. The maximum absolute atomic E-state index is 12.1. The molecule has 0 aromatic carbocycles. The number of nitrogens with two attached hydrogens (primary N) is 1. The summed E-state index contributed by atoms with van der Waals surface area (Å²) in [5, 5.41) is 0. The number of hydrogen-bond acceptors (Lipinski definition) is 3. The molecule has 1 rings (SSSR count). The zero-order valence-electron chi connectivity index (χ0n) is 11.8. The molecule has 0 radical (unpaired) electrons. The second-order valence-corrected chi connectivity index (χ2v) is 6.65. The number of H-pyrrole nitrogens is 1. The molecule has 0 spiro atoms. The molecule has 0 bridgehead atoms. The summed E-state index contributed by atoms with van der Waals surface area (Å²) in [5.74, 6) is 0. The van der Waals surface area contributed by atoms with Crippen molar-refractivity contribution >= 4 is 10.0 Å². The number of aromatic amines is 1. The molecule has 6 heteroatoms. The van der Waals surface area contributed by atoms with Crippen molar-refractivity contribution in [1.82, 2.24) is 9.71 Å². The van der Waals surface area contributed by atoms with Gasteiger partial charge in [0.2, 0.25) is 10.0 Å². The second-order valence-electron chi connectivity index (χ2n) is 4.94. The Morgan fingerprint density at radius 1 is 1.37 bits per heavy atom. The first-order valence-electron chi connectivity index (χ1n) is 6.89. The Bertz CT molecular complexity index is 468. The van der Waals surface area contributed by atoms with Crippen molar-refractivity contribution in [3.8, 4) is 0 Å². The quantitative estimate of drug-likeness (QED) is 0.608. The van der Waals surface area contributed by atoms with Crippen LogP contribution in [0.15, 0.2) is 17.2 Å². The van der Waals surface area contributed by atoms with Crippen molar-refractivity contribution in [2.24, 2.45) is 5.73 Å². The van der Waals surface area contributed by atoms with E-state index >= 15 is 0 Å². The van der Waals surface area contributed by atoms with Gasteiger partial charge < -0.3 is 10.7 Å². The standard InChI is InChI=1S/C13H25N3O2S/c1-3-4-5-6-7-11(2)16-19(17,18)13-8-12(9-14)15-10-13/h8,10-11,15-16H,3-7,9,14H2,1-2H3. The van der Waals surface area contributed by atoms with Gasteiger partial charge in [-0.05, 0) is 19.4 Å². The SMILES string of the molecule is CCCCCCC(C)NS(=O)(=O)c1c[nH]c(CN)c1. The van der Waals surface area contributed by atoms with Gasteiger partial charge in [-0.1, -0.05) is 32.6 Å². The number of hydrogen-bond donors (Lipinski definition) is 3. The minimum atomic E-state index is -3.43. The molecule has 1 unspecified atom stereocenters. The number of aromatic nitrogens is 1. The van der Waals surface area contributed by atoms with E-state index in [1.165, 1.54) is 19.0 Å². The molecule has 0 aliphatic rings. The van der Waals surface area contributed by atoms with Gasteiger partial charge in [-0.25, -0.2) is 13.1 Å². The molecular weight excluding hydrogens is 262 g/mol. The van der Waals surface area contributed by atoms with E-state index < -0.39 is 10.0 Å². The summed E-state index contributed by atoms with van der Waals surface area (Å²) in [6.45, 7) is 4.37. The fraction of sp³-hybridized carbons (Fsp3) is 0.692. The highest BCUT2D eigenvalue weighted by Crippen LogP contribution is 2.12. The lowest BCUT2D eigenvalue weighted by Gasteiger charge is -2.13. The van der Waals surface area contributed by atoms with E-state index in [1.54, 1.807) is 6.07 Å². The first-order chi connectivity index (χ1) is 8.99. The first kappa shape index (κ1) is 16.2. The summed E-state index contributed by atoms with van der Waals surface area (Å²) in [6, 6.07) is 1.53. The molecule has 0 aliphatic heterocycles. The van der Waals surface area contributed by atoms with E-state index in [0.29, 0.717) is 6.54 Å². The molecule has 0 aliphatic carbocycles. The summed E-state index contributed by atoms with van der Waals surface area (Å²) in [6.07, 6.45) is 6.95. The Labute approximate surface area is 116 Å². The van der Waals surface area contributed by atoms with Crippen LogP contribution in [0, 0.1) is 0 Å². The Morgan fingerprint density at radius 2 is 2.11 bits per heavy atom. The van der Waals surface area contributed by atoms with Gasteiger partial charge in [0.05, 0.1) is 4.90 Å². The number of rotatable bonds is 9. The predicted molar refractivity (Wildman–Crippen MR) is 77.2 cm³/mol. The molecule has 1 heterocycles. The minimum absolute atomic E-state index is 0.0434. The Balaban J connectivity index is 2.49. The van der Waals surface area contributed by atoms with Crippen LogP contribution in [-0.2, 0) is 16.6 Å². The highest BCUT2D eigenvalue weighted by molar-refractivity contribution is 7.89. The van der Waals surface area contributed by atoms with Gasteiger partial charge in [0.15, 0.2) is 0 Å². The van der Waals surface area contributed by atoms with Crippen molar-refractivity contribution in [2.75, 3.05) is 0 Å². The van der Waals surface area contributed by atoms with Gasteiger partial charge in [0.1, 0.15) is 0 Å². The summed E-state index contributed by atoms with van der Waals surface area (Å²) < 4.78 is 26.9.